The second-order valence-electron chi connectivity index (χ2n) is 10.7. The van der Waals surface area contributed by atoms with Crippen LogP contribution in [0.4, 0.5) is 4.39 Å². The van der Waals surface area contributed by atoms with Crippen molar-refractivity contribution >= 4 is 0 Å². The molecule has 0 spiro atoms. The lowest BCUT2D eigenvalue weighted by Crippen LogP contribution is -2.28. The van der Waals surface area contributed by atoms with Gasteiger partial charge in [0.2, 0.25) is 0 Å². The van der Waals surface area contributed by atoms with Crippen LogP contribution in [0.2, 0.25) is 0 Å². The number of halogens is 1. The maximum atomic E-state index is 13.3. The molecule has 0 aliphatic rings. The number of benzene rings is 1. The predicted octanol–water partition coefficient (Wildman–Crippen LogP) is 8.95. The Morgan fingerprint density at radius 3 is 2.39 bits per heavy atom. The zero-order chi connectivity index (χ0) is 24.6. The van der Waals surface area contributed by atoms with Gasteiger partial charge in [-0.3, -0.25) is 4.98 Å². The normalized spacial score (nSPS) is 14.2. The van der Waals surface area contributed by atoms with Gasteiger partial charge in [-0.25, -0.2) is 4.39 Å². The van der Waals surface area contributed by atoms with Crippen molar-refractivity contribution < 1.29 is 9.13 Å². The molecule has 33 heavy (non-hydrogen) atoms. The second-order valence-corrected chi connectivity index (χ2v) is 10.7. The van der Waals surface area contributed by atoms with Crippen LogP contribution in [-0.2, 0) is 10.3 Å². The lowest BCUT2D eigenvalue weighted by Gasteiger charge is -2.33. The summed E-state index contributed by atoms with van der Waals surface area (Å²) in [5, 5.41) is 0. The Morgan fingerprint density at radius 1 is 1.12 bits per heavy atom. The van der Waals surface area contributed by atoms with Crippen LogP contribution >= 0.6 is 0 Å². The van der Waals surface area contributed by atoms with Crippen molar-refractivity contribution in [2.45, 2.75) is 86.2 Å². The smallest absolute Gasteiger partial charge is 0.141 e. The van der Waals surface area contributed by atoms with Crippen molar-refractivity contribution in [1.29, 1.82) is 0 Å². The number of rotatable bonds is 11. The van der Waals surface area contributed by atoms with Gasteiger partial charge in [0.25, 0.3) is 0 Å². The second kappa shape index (κ2) is 11.7. The minimum atomic E-state index is -0.441. The third-order valence-electron chi connectivity index (χ3n) is 5.77. The molecule has 0 saturated heterocycles. The van der Waals surface area contributed by atoms with Gasteiger partial charge in [0.1, 0.15) is 5.82 Å². The molecular weight excluding hydrogens is 409 g/mol. The Labute approximate surface area is 201 Å². The number of aryl methyl sites for hydroxylation is 1. The molecule has 1 unspecified atom stereocenters. The Kier molecular flexibility index (Phi) is 9.60. The maximum absolute atomic E-state index is 13.3. The molecular formula is C30H42FNO. The van der Waals surface area contributed by atoms with Crippen LogP contribution < -0.4 is 0 Å². The van der Waals surface area contributed by atoms with Gasteiger partial charge in [0, 0.05) is 18.6 Å². The van der Waals surface area contributed by atoms with E-state index in [1.165, 1.54) is 17.8 Å². The average Bonchev–Trinajstić information content (AvgIpc) is 2.70. The third-order valence-corrected chi connectivity index (χ3v) is 5.77. The van der Waals surface area contributed by atoms with Crippen molar-refractivity contribution in [1.82, 2.24) is 4.98 Å². The quantitative estimate of drug-likeness (QED) is 0.251. The van der Waals surface area contributed by atoms with Crippen molar-refractivity contribution in [2.24, 2.45) is 5.41 Å². The lowest BCUT2D eigenvalue weighted by molar-refractivity contribution is -0.0375. The molecule has 0 amide bonds. The molecule has 2 nitrogen and oxygen atoms in total. The van der Waals surface area contributed by atoms with Gasteiger partial charge in [-0.1, -0.05) is 57.0 Å². The summed E-state index contributed by atoms with van der Waals surface area (Å²) >= 11 is 0. The monoisotopic (exact) mass is 451 g/mol. The van der Waals surface area contributed by atoms with Crippen LogP contribution in [0.5, 0.6) is 0 Å². The summed E-state index contributed by atoms with van der Waals surface area (Å²) in [6.45, 7) is 20.3. The molecule has 0 aliphatic carbocycles. The van der Waals surface area contributed by atoms with Gasteiger partial charge in [-0.15, -0.1) is 6.58 Å². The zero-order valence-corrected chi connectivity index (χ0v) is 21.7. The Bertz CT molecular complexity index is 952. The highest BCUT2D eigenvalue weighted by Crippen LogP contribution is 2.36. The first kappa shape index (κ1) is 27.0. The number of pyridine rings is 1. The summed E-state index contributed by atoms with van der Waals surface area (Å²) < 4.78 is 19.8. The first-order valence-corrected chi connectivity index (χ1v) is 12.1. The van der Waals surface area contributed by atoms with Crippen LogP contribution in [0.3, 0.4) is 0 Å². The van der Waals surface area contributed by atoms with Crippen molar-refractivity contribution in [2.75, 3.05) is 6.61 Å². The van der Waals surface area contributed by atoms with E-state index in [0.29, 0.717) is 12.0 Å². The summed E-state index contributed by atoms with van der Waals surface area (Å²) in [5.74, 6) is -0.325. The maximum Gasteiger partial charge on any atom is 0.141 e. The van der Waals surface area contributed by atoms with E-state index < -0.39 is 5.60 Å². The Hall–Kier alpha value is -2.26. The summed E-state index contributed by atoms with van der Waals surface area (Å²) in [4.78, 5) is 4.22. The molecule has 1 heterocycles. The minimum absolute atomic E-state index is 0.300. The molecule has 3 heteroatoms. The van der Waals surface area contributed by atoms with Crippen LogP contribution in [0, 0.1) is 18.2 Å². The molecule has 0 fully saturated rings. The average molecular weight is 452 g/mol. The van der Waals surface area contributed by atoms with Gasteiger partial charge in [0.15, 0.2) is 0 Å². The van der Waals surface area contributed by atoms with Gasteiger partial charge < -0.3 is 4.74 Å². The van der Waals surface area contributed by atoms with E-state index in [1.54, 1.807) is 6.07 Å². The molecule has 0 saturated carbocycles. The van der Waals surface area contributed by atoms with Crippen molar-refractivity contribution in [3.63, 3.8) is 0 Å². The van der Waals surface area contributed by atoms with Crippen LogP contribution in [0.1, 0.15) is 84.8 Å². The SMILES string of the molecule is C=C(C)CC(C)(OCCC/C(=C\CC)CC(C)(C)C)c1ccc(-c2ccc(F)cn2)cc1C. The number of hydrogen-bond acceptors (Lipinski definition) is 2. The molecule has 0 radical (unpaired) electrons. The molecule has 1 aromatic heterocycles. The van der Waals surface area contributed by atoms with Gasteiger partial charge in [-0.05, 0) is 81.2 Å². The molecule has 0 aliphatic heterocycles. The molecule has 0 N–H and O–H groups in total. The fraction of sp³-hybridized carbons (Fsp3) is 0.500. The minimum Gasteiger partial charge on any atom is -0.370 e. The van der Waals surface area contributed by atoms with Crippen LogP contribution in [0.25, 0.3) is 11.3 Å². The summed E-state index contributed by atoms with van der Waals surface area (Å²) in [5.41, 5.74) is 6.53. The van der Waals surface area contributed by atoms with E-state index in [1.807, 2.05) is 6.07 Å². The number of nitrogens with zero attached hydrogens (tertiary/aromatic N) is 1. The van der Waals surface area contributed by atoms with Gasteiger partial charge in [-0.2, -0.15) is 0 Å². The van der Waals surface area contributed by atoms with E-state index in [2.05, 4.69) is 78.2 Å². The summed E-state index contributed by atoms with van der Waals surface area (Å²) in [6, 6.07) is 9.45. The molecule has 1 atom stereocenters. The summed E-state index contributed by atoms with van der Waals surface area (Å²) in [6.07, 6.45) is 8.68. The molecule has 2 rings (SSSR count). The molecule has 2 aromatic rings. The highest BCUT2D eigenvalue weighted by atomic mass is 19.1. The zero-order valence-electron chi connectivity index (χ0n) is 21.7. The van der Waals surface area contributed by atoms with Gasteiger partial charge >= 0.3 is 0 Å². The van der Waals surface area contributed by atoms with E-state index in [-0.39, 0.29) is 5.82 Å². The largest absolute Gasteiger partial charge is 0.370 e. The van der Waals surface area contributed by atoms with Crippen molar-refractivity contribution in [3.8, 4) is 11.3 Å². The number of ether oxygens (including phenoxy) is 1. The molecule has 1 aromatic carbocycles. The highest BCUT2D eigenvalue weighted by Gasteiger charge is 2.29. The Balaban J connectivity index is 2.16. The fourth-order valence-electron chi connectivity index (χ4n) is 4.59. The highest BCUT2D eigenvalue weighted by molar-refractivity contribution is 5.61. The van der Waals surface area contributed by atoms with Crippen LogP contribution in [-0.4, -0.2) is 11.6 Å². The first-order valence-electron chi connectivity index (χ1n) is 12.1. The number of hydrogen-bond donors (Lipinski definition) is 0. The van der Waals surface area contributed by atoms with E-state index in [0.717, 1.165) is 60.1 Å². The topological polar surface area (TPSA) is 22.1 Å². The van der Waals surface area contributed by atoms with Gasteiger partial charge in [0.05, 0.1) is 17.5 Å². The molecule has 0 bridgehead atoms. The predicted molar refractivity (Wildman–Crippen MR) is 139 cm³/mol. The Morgan fingerprint density at radius 2 is 1.85 bits per heavy atom. The summed E-state index contributed by atoms with van der Waals surface area (Å²) in [7, 11) is 0. The first-order chi connectivity index (χ1) is 15.4. The van der Waals surface area contributed by atoms with E-state index in [9.17, 15) is 4.39 Å². The fourth-order valence-corrected chi connectivity index (χ4v) is 4.59. The standard InChI is InChI=1S/C30H42FNO/c1-9-11-24(20-29(5,6)7)12-10-17-33-30(8,19-22(2)3)27-15-13-25(18-23(27)4)28-16-14-26(31)21-32-28/h11,13-16,18,21H,2,9-10,12,17,19-20H2,1,3-8H3/b24-11+. The molecule has 180 valence electrons. The van der Waals surface area contributed by atoms with Crippen molar-refractivity contribution in [3.05, 3.63) is 77.3 Å². The van der Waals surface area contributed by atoms with Crippen LogP contribution in [0.15, 0.2) is 60.3 Å². The van der Waals surface area contributed by atoms with E-state index >= 15 is 0 Å². The third kappa shape index (κ3) is 8.55. The number of aromatic nitrogens is 1. The number of allylic oxidation sites excluding steroid dienone is 2. The lowest BCUT2D eigenvalue weighted by atomic mass is 9.85. The van der Waals surface area contributed by atoms with E-state index in [4.69, 9.17) is 4.74 Å².